The van der Waals surface area contributed by atoms with Crippen molar-refractivity contribution < 1.29 is 9.18 Å². The number of aromatic amines is 1. The van der Waals surface area contributed by atoms with Gasteiger partial charge >= 0.3 is 0 Å². The number of aromatic nitrogens is 5. The molecule has 3 aromatic heterocycles. The van der Waals surface area contributed by atoms with Gasteiger partial charge < -0.3 is 5.32 Å². The highest BCUT2D eigenvalue weighted by atomic mass is 19.1. The van der Waals surface area contributed by atoms with Crippen molar-refractivity contribution in [2.75, 3.05) is 5.32 Å². The van der Waals surface area contributed by atoms with E-state index in [2.05, 4.69) is 25.6 Å². The van der Waals surface area contributed by atoms with E-state index < -0.39 is 17.3 Å². The van der Waals surface area contributed by atoms with Crippen LogP contribution in [0, 0.1) is 5.82 Å². The summed E-state index contributed by atoms with van der Waals surface area (Å²) in [4.78, 5) is 28.9. The highest BCUT2D eigenvalue weighted by molar-refractivity contribution is 6.04. The second kappa shape index (κ2) is 7.23. The Kier molecular flexibility index (Phi) is 4.47. The molecule has 8 nitrogen and oxygen atoms in total. The Morgan fingerprint density at radius 1 is 1.07 bits per heavy atom. The number of hydrogen-bond acceptors (Lipinski definition) is 5. The maximum Gasteiger partial charge on any atom is 0.276 e. The molecule has 28 heavy (non-hydrogen) atoms. The first-order chi connectivity index (χ1) is 13.6. The number of anilines is 1. The minimum absolute atomic E-state index is 0.0112. The number of halogens is 1. The van der Waals surface area contributed by atoms with Gasteiger partial charge in [-0.15, -0.1) is 0 Å². The molecule has 0 bridgehead atoms. The van der Waals surface area contributed by atoms with Gasteiger partial charge in [0.05, 0.1) is 23.3 Å². The molecule has 2 N–H and O–H groups in total. The van der Waals surface area contributed by atoms with Crippen LogP contribution < -0.4 is 10.9 Å². The van der Waals surface area contributed by atoms with Crippen molar-refractivity contribution in [2.45, 2.75) is 0 Å². The summed E-state index contributed by atoms with van der Waals surface area (Å²) >= 11 is 0. The van der Waals surface area contributed by atoms with E-state index in [0.717, 1.165) is 4.68 Å². The molecule has 0 unspecified atom stereocenters. The van der Waals surface area contributed by atoms with Gasteiger partial charge in [0.25, 0.3) is 11.5 Å². The van der Waals surface area contributed by atoms with Crippen LogP contribution in [-0.2, 0) is 0 Å². The molecular weight excluding hydrogens is 363 g/mol. The summed E-state index contributed by atoms with van der Waals surface area (Å²) in [6.07, 6.45) is 3.08. The van der Waals surface area contributed by atoms with Crippen LogP contribution in [0.15, 0.2) is 71.8 Å². The third-order valence-corrected chi connectivity index (χ3v) is 3.91. The minimum atomic E-state index is -0.533. The Morgan fingerprint density at radius 2 is 1.89 bits per heavy atom. The first kappa shape index (κ1) is 17.3. The first-order valence-corrected chi connectivity index (χ1v) is 8.24. The molecule has 0 saturated carbocycles. The van der Waals surface area contributed by atoms with Crippen LogP contribution in [0.3, 0.4) is 0 Å². The molecule has 4 rings (SSSR count). The number of pyridine rings is 1. The van der Waals surface area contributed by atoms with Crippen molar-refractivity contribution in [2.24, 2.45) is 0 Å². The molecule has 0 aliphatic heterocycles. The fraction of sp³-hybridized carbons (Fsp3) is 0. The van der Waals surface area contributed by atoms with Gasteiger partial charge in [0.2, 0.25) is 0 Å². The van der Waals surface area contributed by atoms with E-state index in [1.807, 2.05) is 6.07 Å². The lowest BCUT2D eigenvalue weighted by atomic mass is 10.2. The molecule has 1 aromatic carbocycles. The van der Waals surface area contributed by atoms with Crippen molar-refractivity contribution in [3.8, 4) is 17.1 Å². The average Bonchev–Trinajstić information content (AvgIpc) is 3.18. The molecule has 1 amide bonds. The van der Waals surface area contributed by atoms with E-state index in [-0.39, 0.29) is 5.69 Å². The lowest BCUT2D eigenvalue weighted by Crippen LogP contribution is -2.24. The summed E-state index contributed by atoms with van der Waals surface area (Å²) in [5.74, 6) is -0.970. The number of carbonyl (C=O) groups excluding carboxylic acids is 1. The lowest BCUT2D eigenvalue weighted by molar-refractivity contribution is 0.102. The van der Waals surface area contributed by atoms with Crippen LogP contribution >= 0.6 is 0 Å². The zero-order chi connectivity index (χ0) is 19.5. The number of amides is 1. The van der Waals surface area contributed by atoms with Crippen LogP contribution in [0.2, 0.25) is 0 Å². The van der Waals surface area contributed by atoms with Crippen LogP contribution in [0.1, 0.15) is 10.5 Å². The highest BCUT2D eigenvalue weighted by Gasteiger charge is 2.15. The van der Waals surface area contributed by atoms with Crippen molar-refractivity contribution in [1.29, 1.82) is 0 Å². The van der Waals surface area contributed by atoms with Gasteiger partial charge in [-0.25, -0.2) is 4.39 Å². The largest absolute Gasteiger partial charge is 0.317 e. The number of rotatable bonds is 4. The molecule has 0 fully saturated rings. The Morgan fingerprint density at radius 3 is 2.64 bits per heavy atom. The maximum absolute atomic E-state index is 13.1. The molecule has 9 heteroatoms. The Bertz CT molecular complexity index is 1190. The predicted molar refractivity (Wildman–Crippen MR) is 99.6 cm³/mol. The third-order valence-electron chi connectivity index (χ3n) is 3.91. The van der Waals surface area contributed by atoms with Crippen LogP contribution in [0.5, 0.6) is 0 Å². The Hall–Kier alpha value is -4.14. The number of nitrogens with zero attached hydrogens (tertiary/aromatic N) is 4. The highest BCUT2D eigenvalue weighted by Crippen LogP contribution is 2.23. The van der Waals surface area contributed by atoms with Gasteiger partial charge in [0, 0.05) is 12.3 Å². The van der Waals surface area contributed by atoms with Crippen molar-refractivity contribution in [1.82, 2.24) is 25.0 Å². The number of carbonyl (C=O) groups is 1. The summed E-state index contributed by atoms with van der Waals surface area (Å²) in [6.45, 7) is 0. The summed E-state index contributed by atoms with van der Waals surface area (Å²) < 4.78 is 14.1. The third kappa shape index (κ3) is 3.40. The number of benzene rings is 1. The van der Waals surface area contributed by atoms with Crippen LogP contribution in [-0.4, -0.2) is 30.9 Å². The molecule has 0 atom stereocenters. The van der Waals surface area contributed by atoms with Gasteiger partial charge in [0.1, 0.15) is 17.2 Å². The molecule has 0 saturated heterocycles. The first-order valence-electron chi connectivity index (χ1n) is 8.24. The minimum Gasteiger partial charge on any atom is -0.317 e. The fourth-order valence-electron chi connectivity index (χ4n) is 2.57. The topological polar surface area (TPSA) is 106 Å². The second-order valence-corrected chi connectivity index (χ2v) is 5.77. The molecule has 3 heterocycles. The van der Waals surface area contributed by atoms with E-state index in [9.17, 15) is 14.0 Å². The van der Waals surface area contributed by atoms with Crippen LogP contribution in [0.4, 0.5) is 10.1 Å². The monoisotopic (exact) mass is 376 g/mol. The van der Waals surface area contributed by atoms with Crippen molar-refractivity contribution in [3.05, 3.63) is 88.9 Å². The van der Waals surface area contributed by atoms with E-state index >= 15 is 0 Å². The van der Waals surface area contributed by atoms with Crippen molar-refractivity contribution in [3.63, 3.8) is 0 Å². The zero-order valence-electron chi connectivity index (χ0n) is 14.3. The average molecular weight is 376 g/mol. The number of hydrogen-bond donors (Lipinski definition) is 2. The van der Waals surface area contributed by atoms with Gasteiger partial charge in [-0.05, 0) is 42.5 Å². The van der Waals surface area contributed by atoms with Gasteiger partial charge in [-0.1, -0.05) is 6.07 Å². The quantitative estimate of drug-likeness (QED) is 0.569. The molecular formula is C19H13FN6O2. The smallest absolute Gasteiger partial charge is 0.276 e. The SMILES string of the molecule is O=C(Nc1cn[nH]c1-c1ccccn1)c1ccc(=O)n(-c2ccc(F)cc2)n1. The lowest BCUT2D eigenvalue weighted by Gasteiger charge is -2.08. The summed E-state index contributed by atoms with van der Waals surface area (Å²) in [5, 5.41) is 13.5. The zero-order valence-corrected chi connectivity index (χ0v) is 14.3. The van der Waals surface area contributed by atoms with Crippen LogP contribution in [0.25, 0.3) is 17.1 Å². The molecule has 0 spiro atoms. The summed E-state index contributed by atoms with van der Waals surface area (Å²) in [5.41, 5.74) is 1.49. The summed E-state index contributed by atoms with van der Waals surface area (Å²) in [7, 11) is 0. The fourth-order valence-corrected chi connectivity index (χ4v) is 2.57. The van der Waals surface area contributed by atoms with Gasteiger partial charge in [0.15, 0.2) is 0 Å². The Labute approximate surface area is 157 Å². The molecule has 0 aliphatic rings. The van der Waals surface area contributed by atoms with Gasteiger partial charge in [-0.3, -0.25) is 19.7 Å². The molecule has 0 radical (unpaired) electrons. The number of nitrogens with one attached hydrogen (secondary N) is 2. The molecule has 0 aliphatic carbocycles. The normalized spacial score (nSPS) is 10.6. The molecule has 4 aromatic rings. The molecule has 138 valence electrons. The van der Waals surface area contributed by atoms with E-state index in [1.165, 1.54) is 42.6 Å². The summed E-state index contributed by atoms with van der Waals surface area (Å²) in [6, 6.07) is 13.1. The second-order valence-electron chi connectivity index (χ2n) is 5.77. The van der Waals surface area contributed by atoms with E-state index in [4.69, 9.17) is 0 Å². The standard InChI is InChI=1S/C19H13FN6O2/c20-12-4-6-13(7-5-12)26-17(27)9-8-15(25-26)19(28)23-16-11-22-24-18(16)14-3-1-2-10-21-14/h1-11H,(H,22,24)(H,23,28). The maximum atomic E-state index is 13.1. The Balaban J connectivity index is 1.63. The van der Waals surface area contributed by atoms with Gasteiger partial charge in [-0.2, -0.15) is 14.9 Å². The van der Waals surface area contributed by atoms with E-state index in [1.54, 1.807) is 18.3 Å². The van der Waals surface area contributed by atoms with Crippen molar-refractivity contribution >= 4 is 11.6 Å². The predicted octanol–water partition coefficient (Wildman–Crippen LogP) is 2.41. The van der Waals surface area contributed by atoms with E-state index in [0.29, 0.717) is 22.8 Å². The number of H-pyrrole nitrogens is 1.